The molecule has 0 radical (unpaired) electrons. The van der Waals surface area contributed by atoms with E-state index in [2.05, 4.69) is 0 Å². The lowest BCUT2D eigenvalue weighted by molar-refractivity contribution is -0.137. The van der Waals surface area contributed by atoms with E-state index >= 15 is 0 Å². The van der Waals surface area contributed by atoms with Crippen LogP contribution in [0.15, 0.2) is 0 Å². The van der Waals surface area contributed by atoms with Crippen LogP contribution in [0, 0.1) is 0 Å². The van der Waals surface area contributed by atoms with E-state index in [4.69, 9.17) is 20.0 Å². The first-order valence-corrected chi connectivity index (χ1v) is 7.01. The Labute approximate surface area is 126 Å². The molecule has 0 heterocycles. The maximum atomic E-state index is 12.0. The zero-order chi connectivity index (χ0) is 16.8. The van der Waals surface area contributed by atoms with E-state index in [-0.39, 0.29) is 12.6 Å². The quantitative estimate of drug-likeness (QED) is 0.637. The molecule has 0 aliphatic carbocycles. The van der Waals surface area contributed by atoms with Crippen molar-refractivity contribution in [1.82, 2.24) is 5.06 Å². The molecule has 0 spiro atoms. The first-order chi connectivity index (χ1) is 9.34. The molecule has 21 heavy (non-hydrogen) atoms. The van der Waals surface area contributed by atoms with Gasteiger partial charge < -0.3 is 20.0 Å². The minimum Gasteiger partial charge on any atom is -0.442 e. The van der Waals surface area contributed by atoms with Gasteiger partial charge in [0.15, 0.2) is 0 Å². The van der Waals surface area contributed by atoms with Crippen LogP contribution < -0.4 is 5.73 Å². The Balaban J connectivity index is 4.82. The molecule has 0 saturated heterocycles. The normalized spacial score (nSPS) is 13.3. The van der Waals surface area contributed by atoms with Crippen LogP contribution in [0.5, 0.6) is 0 Å². The highest BCUT2D eigenvalue weighted by Crippen LogP contribution is 2.13. The monoisotopic (exact) mass is 304 g/mol. The Kier molecular flexibility index (Phi) is 6.96. The summed E-state index contributed by atoms with van der Waals surface area (Å²) in [4.78, 5) is 28.6. The molecule has 0 bridgehead atoms. The molecule has 0 aromatic carbocycles. The average Bonchev–Trinajstić information content (AvgIpc) is 2.22. The predicted octanol–water partition coefficient (Wildman–Crippen LogP) is 2.83. The second kappa shape index (κ2) is 7.49. The van der Waals surface area contributed by atoms with Crippen molar-refractivity contribution in [3.8, 4) is 0 Å². The van der Waals surface area contributed by atoms with Gasteiger partial charge in [0.1, 0.15) is 11.2 Å². The summed E-state index contributed by atoms with van der Waals surface area (Å²) in [5.41, 5.74) is 4.37. The van der Waals surface area contributed by atoms with Gasteiger partial charge in [0.2, 0.25) is 0 Å². The minimum atomic E-state index is -0.975. The lowest BCUT2D eigenvalue weighted by atomic mass is 10.2. The number of nitrogens with zero attached hydrogens (tertiary/aromatic N) is 1. The molecule has 0 aromatic rings. The molecular formula is C14H28N2O5. The summed E-state index contributed by atoms with van der Waals surface area (Å²) in [6, 6.07) is -0.333. The van der Waals surface area contributed by atoms with E-state index in [0.29, 0.717) is 6.42 Å². The molecule has 2 N–H and O–H groups in total. The van der Waals surface area contributed by atoms with Crippen LogP contribution >= 0.6 is 0 Å². The Morgan fingerprint density at radius 3 is 1.90 bits per heavy atom. The Morgan fingerprint density at radius 2 is 1.52 bits per heavy atom. The van der Waals surface area contributed by atoms with Crippen molar-refractivity contribution in [3.05, 3.63) is 0 Å². The Bertz CT molecular complexity index is 357. The highest BCUT2D eigenvalue weighted by atomic mass is 16.8. The van der Waals surface area contributed by atoms with Crippen LogP contribution in [-0.2, 0) is 14.3 Å². The molecule has 7 nitrogen and oxygen atoms in total. The van der Waals surface area contributed by atoms with E-state index in [1.165, 1.54) is 0 Å². The largest absolute Gasteiger partial charge is 0.534 e. The molecule has 0 fully saturated rings. The standard InChI is InChI=1S/C14H28N2O5/c1-8-10(15)9-16(11(17)19-13(2,3)4)21-12(18)20-14(5,6)7/h10H,8-9,15H2,1-7H3. The summed E-state index contributed by atoms with van der Waals surface area (Å²) >= 11 is 0. The third kappa shape index (κ3) is 9.95. The van der Waals surface area contributed by atoms with Gasteiger partial charge in [0, 0.05) is 6.04 Å². The number of amides is 1. The van der Waals surface area contributed by atoms with Gasteiger partial charge in [0.05, 0.1) is 6.54 Å². The van der Waals surface area contributed by atoms with Crippen molar-refractivity contribution in [2.45, 2.75) is 72.1 Å². The smallest absolute Gasteiger partial charge is 0.442 e. The lowest BCUT2D eigenvalue weighted by Crippen LogP contribution is -2.45. The van der Waals surface area contributed by atoms with E-state index in [0.717, 1.165) is 5.06 Å². The summed E-state index contributed by atoms with van der Waals surface area (Å²) in [5.74, 6) is 0. The zero-order valence-corrected chi connectivity index (χ0v) is 14.1. The minimum absolute atomic E-state index is 0.0324. The summed E-state index contributed by atoms with van der Waals surface area (Å²) in [6.07, 6.45) is -1.13. The number of hydrogen-bond donors (Lipinski definition) is 1. The van der Waals surface area contributed by atoms with Crippen LogP contribution in [0.3, 0.4) is 0 Å². The molecule has 0 aromatic heterocycles. The maximum absolute atomic E-state index is 12.0. The lowest BCUT2D eigenvalue weighted by Gasteiger charge is -2.28. The zero-order valence-electron chi connectivity index (χ0n) is 14.1. The molecule has 124 valence electrons. The van der Waals surface area contributed by atoms with Crippen LogP contribution in [0.1, 0.15) is 54.9 Å². The molecule has 0 aliphatic rings. The molecular weight excluding hydrogens is 276 g/mol. The van der Waals surface area contributed by atoms with Gasteiger partial charge in [-0.2, -0.15) is 0 Å². The van der Waals surface area contributed by atoms with Gasteiger partial charge in [-0.3, -0.25) is 0 Å². The van der Waals surface area contributed by atoms with Crippen molar-refractivity contribution in [2.24, 2.45) is 5.73 Å². The number of carbonyl (C=O) groups is 2. The van der Waals surface area contributed by atoms with Gasteiger partial charge in [0.25, 0.3) is 0 Å². The summed E-state index contributed by atoms with van der Waals surface area (Å²) in [7, 11) is 0. The number of rotatable bonds is 3. The number of hydroxylamine groups is 2. The van der Waals surface area contributed by atoms with E-state index in [9.17, 15) is 9.59 Å². The predicted molar refractivity (Wildman–Crippen MR) is 78.5 cm³/mol. The number of nitrogens with two attached hydrogens (primary N) is 1. The first kappa shape index (κ1) is 19.5. The van der Waals surface area contributed by atoms with Crippen LogP contribution in [0.4, 0.5) is 9.59 Å². The SMILES string of the molecule is CCC(N)CN(OC(=O)OC(C)(C)C)C(=O)OC(C)(C)C. The van der Waals surface area contributed by atoms with E-state index in [1.807, 2.05) is 6.92 Å². The van der Waals surface area contributed by atoms with Crippen LogP contribution in [-0.4, -0.2) is 41.1 Å². The summed E-state index contributed by atoms with van der Waals surface area (Å²) in [5, 5.41) is 0.799. The number of hydrogen-bond acceptors (Lipinski definition) is 6. The highest BCUT2D eigenvalue weighted by Gasteiger charge is 2.29. The topological polar surface area (TPSA) is 91.1 Å². The fraction of sp³-hybridized carbons (Fsp3) is 0.857. The molecule has 0 aliphatic heterocycles. The Morgan fingerprint density at radius 1 is 1.05 bits per heavy atom. The maximum Gasteiger partial charge on any atom is 0.534 e. The summed E-state index contributed by atoms with van der Waals surface area (Å²) < 4.78 is 10.2. The third-order valence-corrected chi connectivity index (χ3v) is 2.10. The van der Waals surface area contributed by atoms with Gasteiger partial charge >= 0.3 is 12.2 Å². The fourth-order valence-electron chi connectivity index (χ4n) is 1.16. The van der Waals surface area contributed by atoms with Gasteiger partial charge in [-0.1, -0.05) is 6.92 Å². The number of carbonyl (C=O) groups excluding carboxylic acids is 2. The molecule has 0 rings (SSSR count). The third-order valence-electron chi connectivity index (χ3n) is 2.10. The fourth-order valence-corrected chi connectivity index (χ4v) is 1.16. The Hall–Kier alpha value is -1.50. The molecule has 1 unspecified atom stereocenters. The van der Waals surface area contributed by atoms with Crippen molar-refractivity contribution < 1.29 is 23.9 Å². The van der Waals surface area contributed by atoms with Crippen molar-refractivity contribution in [3.63, 3.8) is 0 Å². The highest BCUT2D eigenvalue weighted by molar-refractivity contribution is 5.70. The second-order valence-electron chi connectivity index (χ2n) is 6.77. The second-order valence-corrected chi connectivity index (χ2v) is 6.77. The molecule has 1 atom stereocenters. The number of ether oxygens (including phenoxy) is 2. The van der Waals surface area contributed by atoms with Crippen molar-refractivity contribution in [2.75, 3.05) is 6.54 Å². The van der Waals surface area contributed by atoms with Crippen LogP contribution in [0.25, 0.3) is 0 Å². The van der Waals surface area contributed by atoms with E-state index in [1.54, 1.807) is 41.5 Å². The summed E-state index contributed by atoms with van der Waals surface area (Å²) in [6.45, 7) is 12.1. The molecule has 0 saturated carbocycles. The molecule has 7 heteroatoms. The van der Waals surface area contributed by atoms with Crippen molar-refractivity contribution in [1.29, 1.82) is 0 Å². The first-order valence-electron chi connectivity index (χ1n) is 7.01. The van der Waals surface area contributed by atoms with Crippen LogP contribution in [0.2, 0.25) is 0 Å². The van der Waals surface area contributed by atoms with Crippen molar-refractivity contribution >= 4 is 12.2 Å². The van der Waals surface area contributed by atoms with Gasteiger partial charge in [-0.05, 0) is 48.0 Å². The van der Waals surface area contributed by atoms with E-state index < -0.39 is 23.5 Å². The molecule has 1 amide bonds. The van der Waals surface area contributed by atoms with Gasteiger partial charge in [-0.25, -0.2) is 9.59 Å². The van der Waals surface area contributed by atoms with Gasteiger partial charge in [-0.15, -0.1) is 5.06 Å². The average molecular weight is 304 g/mol.